The van der Waals surface area contributed by atoms with E-state index in [0.29, 0.717) is 12.2 Å². The zero-order valence-corrected chi connectivity index (χ0v) is 23.9. The molecule has 5 rings (SSSR count). The third kappa shape index (κ3) is 4.98. The van der Waals surface area contributed by atoms with Crippen LogP contribution in [0.5, 0.6) is 5.75 Å². The number of aryl methyl sites for hydroxylation is 2. The smallest absolute Gasteiger partial charge is 0.309 e. The molecule has 5 heteroatoms. The van der Waals surface area contributed by atoms with Gasteiger partial charge in [0, 0.05) is 18.1 Å². The van der Waals surface area contributed by atoms with Gasteiger partial charge in [0.15, 0.2) is 0 Å². The number of fused-ring (bicyclic) bond motifs is 2. The minimum absolute atomic E-state index is 0.0699. The van der Waals surface area contributed by atoms with E-state index in [2.05, 4.69) is 39.0 Å². The van der Waals surface area contributed by atoms with Crippen molar-refractivity contribution in [1.82, 2.24) is 0 Å². The molecule has 0 bridgehead atoms. The third-order valence-electron chi connectivity index (χ3n) is 8.73. The minimum atomic E-state index is -0.247. The van der Waals surface area contributed by atoms with Gasteiger partial charge in [-0.05, 0) is 96.2 Å². The van der Waals surface area contributed by atoms with Gasteiger partial charge in [-0.2, -0.15) is 0 Å². The van der Waals surface area contributed by atoms with Gasteiger partial charge in [0.2, 0.25) is 0 Å². The topological polar surface area (TPSA) is 44.8 Å². The van der Waals surface area contributed by atoms with Crippen molar-refractivity contribution in [2.24, 2.45) is 11.3 Å². The highest BCUT2D eigenvalue weighted by Gasteiger charge is 2.55. The Balaban J connectivity index is 1.44. The van der Waals surface area contributed by atoms with Crippen molar-refractivity contribution in [3.63, 3.8) is 0 Å². The lowest BCUT2D eigenvalue weighted by Crippen LogP contribution is -2.47. The Kier molecular flexibility index (Phi) is 7.32. The zero-order valence-electron chi connectivity index (χ0n) is 23.9. The molecule has 0 N–H and O–H groups in total. The highest BCUT2D eigenvalue weighted by Crippen LogP contribution is 2.57. The number of benzene rings is 3. The van der Waals surface area contributed by atoms with Gasteiger partial charge in [-0.15, -0.1) is 0 Å². The van der Waals surface area contributed by atoms with E-state index in [1.54, 1.807) is 13.2 Å². The molecule has 0 heterocycles. The van der Waals surface area contributed by atoms with Gasteiger partial charge in [-0.25, -0.2) is 4.39 Å². The van der Waals surface area contributed by atoms with Crippen LogP contribution in [0.3, 0.4) is 0 Å². The number of carbonyl (C=O) groups is 1. The third-order valence-corrected chi connectivity index (χ3v) is 8.73. The first-order valence-electron chi connectivity index (χ1n) is 13.8. The van der Waals surface area contributed by atoms with E-state index in [4.69, 9.17) is 14.2 Å². The molecule has 39 heavy (non-hydrogen) atoms. The van der Waals surface area contributed by atoms with Gasteiger partial charge in [-0.3, -0.25) is 4.79 Å². The summed E-state index contributed by atoms with van der Waals surface area (Å²) in [6.45, 7) is 8.73. The molecule has 0 unspecified atom stereocenters. The second-order valence-electron chi connectivity index (χ2n) is 12.3. The lowest BCUT2D eigenvalue weighted by Gasteiger charge is -2.46. The molecule has 0 aromatic heterocycles. The second kappa shape index (κ2) is 10.4. The Morgan fingerprint density at radius 2 is 1.82 bits per heavy atom. The molecule has 0 radical (unpaired) electrons. The highest BCUT2D eigenvalue weighted by atomic mass is 19.1. The average Bonchev–Trinajstić information content (AvgIpc) is 3.29. The van der Waals surface area contributed by atoms with Crippen LogP contribution in [0, 0.1) is 24.1 Å². The molecule has 4 nitrogen and oxygen atoms in total. The summed E-state index contributed by atoms with van der Waals surface area (Å²) in [6.07, 6.45) is 3.61. The van der Waals surface area contributed by atoms with E-state index in [1.165, 1.54) is 24.3 Å². The molecule has 1 saturated carbocycles. The van der Waals surface area contributed by atoms with E-state index in [-0.39, 0.29) is 34.6 Å². The summed E-state index contributed by atoms with van der Waals surface area (Å²) in [5, 5.41) is 0. The Hall–Kier alpha value is -3.18. The Labute approximate surface area is 231 Å². The van der Waals surface area contributed by atoms with Crippen LogP contribution in [-0.2, 0) is 32.7 Å². The number of carbonyl (C=O) groups excluding carboxylic acids is 1. The predicted octanol–water partition coefficient (Wildman–Crippen LogP) is 7.88. The predicted molar refractivity (Wildman–Crippen MR) is 151 cm³/mol. The summed E-state index contributed by atoms with van der Waals surface area (Å²) in [5.74, 6) is 0.368. The fourth-order valence-corrected chi connectivity index (χ4v) is 6.69. The maximum Gasteiger partial charge on any atom is 0.309 e. The van der Waals surface area contributed by atoms with E-state index in [1.807, 2.05) is 31.2 Å². The summed E-state index contributed by atoms with van der Waals surface area (Å²) < 4.78 is 32.4. The van der Waals surface area contributed by atoms with E-state index < -0.39 is 0 Å². The van der Waals surface area contributed by atoms with Crippen molar-refractivity contribution < 1.29 is 23.4 Å². The van der Waals surface area contributed by atoms with E-state index in [0.717, 1.165) is 53.7 Å². The molecule has 1 fully saturated rings. The standard InChI is InChI=1S/C34H39FO4/c1-21-7-12-30(35)26(17-21)25-11-8-22(18-27(25)31(37-5)33(2,3)4)20-39-24-10-9-23-13-15-34(29(23)19-24)16-14-28(34)32(36)38-6/h7-12,17-19,28,31H,13-16,20H2,1-6H3/t28-,31+,34+/m0/s1. The SMILES string of the molecule is COC(=O)[C@@H]1CC[C@]12CCc1ccc(OCc3ccc(-c4cc(C)ccc4F)c([C@@H](OC)C(C)(C)C)c3)cc12. The van der Waals surface area contributed by atoms with Gasteiger partial charge < -0.3 is 14.2 Å². The molecule has 0 aliphatic heterocycles. The lowest BCUT2D eigenvalue weighted by molar-refractivity contribution is -0.153. The van der Waals surface area contributed by atoms with Crippen LogP contribution in [0.25, 0.3) is 11.1 Å². The molecule has 3 aromatic carbocycles. The van der Waals surface area contributed by atoms with Crippen molar-refractivity contribution in [2.45, 2.75) is 71.5 Å². The molecule has 3 aromatic rings. The molecule has 1 spiro atoms. The van der Waals surface area contributed by atoms with Crippen molar-refractivity contribution in [3.8, 4) is 16.9 Å². The number of halogens is 1. The van der Waals surface area contributed by atoms with Crippen LogP contribution in [0.1, 0.15) is 74.0 Å². The maximum atomic E-state index is 15.0. The summed E-state index contributed by atoms with van der Waals surface area (Å²) in [5.41, 5.74) is 6.57. The maximum absolute atomic E-state index is 15.0. The normalized spacial score (nSPS) is 20.8. The fraction of sp³-hybridized carbons (Fsp3) is 0.441. The first-order chi connectivity index (χ1) is 18.6. The number of esters is 1. The van der Waals surface area contributed by atoms with Gasteiger partial charge in [0.25, 0.3) is 0 Å². The molecular weight excluding hydrogens is 491 g/mol. The fourth-order valence-electron chi connectivity index (χ4n) is 6.69. The molecule has 2 aliphatic rings. The minimum Gasteiger partial charge on any atom is -0.489 e. The molecule has 2 aliphatic carbocycles. The highest BCUT2D eigenvalue weighted by molar-refractivity contribution is 5.77. The van der Waals surface area contributed by atoms with Crippen LogP contribution in [0.2, 0.25) is 0 Å². The van der Waals surface area contributed by atoms with Crippen LogP contribution in [-0.4, -0.2) is 20.2 Å². The molecular formula is C34H39FO4. The van der Waals surface area contributed by atoms with Crippen LogP contribution in [0.15, 0.2) is 54.6 Å². The Morgan fingerprint density at radius 3 is 2.49 bits per heavy atom. The zero-order chi connectivity index (χ0) is 27.9. The second-order valence-corrected chi connectivity index (χ2v) is 12.3. The van der Waals surface area contributed by atoms with Gasteiger partial charge in [0.1, 0.15) is 18.2 Å². The molecule has 3 atom stereocenters. The summed E-state index contributed by atoms with van der Waals surface area (Å²) >= 11 is 0. The first kappa shape index (κ1) is 27.4. The Bertz CT molecular complexity index is 1390. The number of hydrogen-bond donors (Lipinski definition) is 0. The molecule has 0 amide bonds. The van der Waals surface area contributed by atoms with Gasteiger partial charge in [0.05, 0.1) is 19.1 Å². The van der Waals surface area contributed by atoms with E-state index >= 15 is 0 Å². The van der Waals surface area contributed by atoms with Crippen molar-refractivity contribution >= 4 is 5.97 Å². The summed E-state index contributed by atoms with van der Waals surface area (Å²) in [6, 6.07) is 17.6. The number of rotatable bonds is 7. The number of methoxy groups -OCH3 is 2. The monoisotopic (exact) mass is 530 g/mol. The number of ether oxygens (including phenoxy) is 3. The Morgan fingerprint density at radius 1 is 1.03 bits per heavy atom. The first-order valence-corrected chi connectivity index (χ1v) is 13.8. The molecule has 206 valence electrons. The quantitative estimate of drug-likeness (QED) is 0.292. The lowest BCUT2D eigenvalue weighted by atomic mass is 9.57. The van der Waals surface area contributed by atoms with Crippen LogP contribution < -0.4 is 4.74 Å². The van der Waals surface area contributed by atoms with Crippen LogP contribution >= 0.6 is 0 Å². The average molecular weight is 531 g/mol. The number of hydrogen-bond acceptors (Lipinski definition) is 4. The van der Waals surface area contributed by atoms with Gasteiger partial charge >= 0.3 is 5.97 Å². The summed E-state index contributed by atoms with van der Waals surface area (Å²) in [7, 11) is 3.18. The van der Waals surface area contributed by atoms with Crippen LogP contribution in [0.4, 0.5) is 4.39 Å². The molecule has 0 saturated heterocycles. The van der Waals surface area contributed by atoms with E-state index in [9.17, 15) is 9.18 Å². The van der Waals surface area contributed by atoms with Crippen molar-refractivity contribution in [2.75, 3.05) is 14.2 Å². The van der Waals surface area contributed by atoms with Crippen molar-refractivity contribution in [1.29, 1.82) is 0 Å². The van der Waals surface area contributed by atoms with Gasteiger partial charge in [-0.1, -0.05) is 50.6 Å². The summed E-state index contributed by atoms with van der Waals surface area (Å²) in [4.78, 5) is 12.4. The van der Waals surface area contributed by atoms with Crippen molar-refractivity contribution in [3.05, 3.63) is 88.2 Å². The largest absolute Gasteiger partial charge is 0.489 e.